The van der Waals surface area contributed by atoms with E-state index in [1.807, 2.05) is 16.9 Å². The molecule has 6 nitrogen and oxygen atoms in total. The third-order valence-electron chi connectivity index (χ3n) is 2.81. The molecule has 2 atom stereocenters. The van der Waals surface area contributed by atoms with Gasteiger partial charge in [-0.1, -0.05) is 0 Å². The second kappa shape index (κ2) is 5.09. The molecule has 0 aliphatic heterocycles. The van der Waals surface area contributed by atoms with Crippen LogP contribution in [-0.2, 0) is 6.54 Å². The maximum atomic E-state index is 5.30. The number of nitrogens with zero attached hydrogens (tertiary/aromatic N) is 4. The zero-order chi connectivity index (χ0) is 12.3. The van der Waals surface area contributed by atoms with Gasteiger partial charge in [-0.2, -0.15) is 5.10 Å². The number of nitrogens with one attached hydrogen (secondary N) is 1. The van der Waals surface area contributed by atoms with Gasteiger partial charge in [0.2, 0.25) is 11.8 Å². The first kappa shape index (κ1) is 11.8. The van der Waals surface area contributed by atoms with Crippen LogP contribution in [0.4, 0.5) is 0 Å². The SMILES string of the molecule is Cc1nnc(CN[C@@H](C)[C@H](C)n2cccn2)o1. The molecule has 0 aromatic carbocycles. The third-order valence-corrected chi connectivity index (χ3v) is 2.81. The van der Waals surface area contributed by atoms with Crippen LogP contribution in [0.25, 0.3) is 0 Å². The Hall–Kier alpha value is -1.69. The third kappa shape index (κ3) is 2.91. The quantitative estimate of drug-likeness (QED) is 0.846. The van der Waals surface area contributed by atoms with Gasteiger partial charge in [0.1, 0.15) is 0 Å². The fourth-order valence-corrected chi connectivity index (χ4v) is 1.58. The predicted molar refractivity (Wildman–Crippen MR) is 62.3 cm³/mol. The summed E-state index contributed by atoms with van der Waals surface area (Å²) in [5.74, 6) is 1.21. The lowest BCUT2D eigenvalue weighted by molar-refractivity contribution is 0.345. The van der Waals surface area contributed by atoms with Gasteiger partial charge >= 0.3 is 0 Å². The van der Waals surface area contributed by atoms with Crippen molar-refractivity contribution in [3.63, 3.8) is 0 Å². The summed E-state index contributed by atoms with van der Waals surface area (Å²) in [5.41, 5.74) is 0. The van der Waals surface area contributed by atoms with Crippen molar-refractivity contribution in [3.05, 3.63) is 30.2 Å². The Balaban J connectivity index is 1.87. The molecule has 0 aliphatic carbocycles. The molecule has 1 N–H and O–H groups in total. The van der Waals surface area contributed by atoms with Crippen LogP contribution in [0.1, 0.15) is 31.7 Å². The molecule has 2 aromatic rings. The molecule has 17 heavy (non-hydrogen) atoms. The van der Waals surface area contributed by atoms with Gasteiger partial charge in [-0.3, -0.25) is 4.68 Å². The lowest BCUT2D eigenvalue weighted by atomic mass is 10.2. The molecule has 0 aliphatic rings. The van der Waals surface area contributed by atoms with Crippen LogP contribution in [-0.4, -0.2) is 26.0 Å². The van der Waals surface area contributed by atoms with E-state index < -0.39 is 0 Å². The first-order valence-electron chi connectivity index (χ1n) is 5.68. The van der Waals surface area contributed by atoms with Crippen LogP contribution in [0.5, 0.6) is 0 Å². The van der Waals surface area contributed by atoms with E-state index in [4.69, 9.17) is 4.42 Å². The summed E-state index contributed by atoms with van der Waals surface area (Å²) >= 11 is 0. The molecule has 2 heterocycles. The van der Waals surface area contributed by atoms with E-state index in [1.165, 1.54) is 0 Å². The van der Waals surface area contributed by atoms with Gasteiger partial charge in [0, 0.05) is 25.4 Å². The molecular weight excluding hydrogens is 218 g/mol. The second-order valence-corrected chi connectivity index (χ2v) is 4.11. The molecule has 0 radical (unpaired) electrons. The van der Waals surface area contributed by atoms with Crippen LogP contribution >= 0.6 is 0 Å². The van der Waals surface area contributed by atoms with Crippen molar-refractivity contribution in [1.29, 1.82) is 0 Å². The molecule has 2 aromatic heterocycles. The van der Waals surface area contributed by atoms with E-state index in [9.17, 15) is 0 Å². The molecule has 0 fully saturated rings. The van der Waals surface area contributed by atoms with Crippen molar-refractivity contribution in [2.75, 3.05) is 0 Å². The van der Waals surface area contributed by atoms with Crippen LogP contribution < -0.4 is 5.32 Å². The summed E-state index contributed by atoms with van der Waals surface area (Å²) in [5, 5.41) is 15.3. The molecule has 0 saturated heterocycles. The van der Waals surface area contributed by atoms with Gasteiger partial charge in [0.05, 0.1) is 12.6 Å². The summed E-state index contributed by atoms with van der Waals surface area (Å²) in [7, 11) is 0. The number of hydrogen-bond acceptors (Lipinski definition) is 5. The molecule has 2 rings (SSSR count). The van der Waals surface area contributed by atoms with Gasteiger partial charge in [-0.05, 0) is 19.9 Å². The monoisotopic (exact) mass is 235 g/mol. The minimum atomic E-state index is 0.266. The van der Waals surface area contributed by atoms with E-state index in [1.54, 1.807) is 13.1 Å². The Morgan fingerprint density at radius 3 is 2.82 bits per heavy atom. The van der Waals surface area contributed by atoms with Gasteiger partial charge < -0.3 is 9.73 Å². The van der Waals surface area contributed by atoms with Crippen molar-refractivity contribution < 1.29 is 4.42 Å². The minimum Gasteiger partial charge on any atom is -0.424 e. The second-order valence-electron chi connectivity index (χ2n) is 4.11. The van der Waals surface area contributed by atoms with Crippen molar-refractivity contribution in [3.8, 4) is 0 Å². The van der Waals surface area contributed by atoms with E-state index in [-0.39, 0.29) is 12.1 Å². The highest BCUT2D eigenvalue weighted by Crippen LogP contribution is 2.09. The highest BCUT2D eigenvalue weighted by Gasteiger charge is 2.14. The lowest BCUT2D eigenvalue weighted by Gasteiger charge is -2.20. The van der Waals surface area contributed by atoms with E-state index in [0.717, 1.165) is 0 Å². The Bertz CT molecular complexity index is 450. The van der Waals surface area contributed by atoms with Crippen molar-refractivity contribution in [1.82, 2.24) is 25.3 Å². The maximum absolute atomic E-state index is 5.30. The smallest absolute Gasteiger partial charge is 0.230 e. The zero-order valence-corrected chi connectivity index (χ0v) is 10.3. The fourth-order valence-electron chi connectivity index (χ4n) is 1.58. The highest BCUT2D eigenvalue weighted by molar-refractivity contribution is 4.85. The average molecular weight is 235 g/mol. The summed E-state index contributed by atoms with van der Waals surface area (Å²) in [6.45, 7) is 6.58. The van der Waals surface area contributed by atoms with Crippen LogP contribution in [0, 0.1) is 6.92 Å². The fraction of sp³-hybridized carbons (Fsp3) is 0.545. The average Bonchev–Trinajstić information content (AvgIpc) is 2.95. The van der Waals surface area contributed by atoms with Crippen molar-refractivity contribution in [2.24, 2.45) is 0 Å². The van der Waals surface area contributed by atoms with Gasteiger partial charge in [-0.15, -0.1) is 10.2 Å². The van der Waals surface area contributed by atoms with E-state index in [2.05, 4.69) is 34.5 Å². The van der Waals surface area contributed by atoms with E-state index >= 15 is 0 Å². The number of aromatic nitrogens is 4. The minimum absolute atomic E-state index is 0.266. The van der Waals surface area contributed by atoms with Crippen LogP contribution in [0.2, 0.25) is 0 Å². The van der Waals surface area contributed by atoms with Crippen molar-refractivity contribution in [2.45, 2.75) is 39.4 Å². The first-order valence-corrected chi connectivity index (χ1v) is 5.68. The maximum Gasteiger partial charge on any atom is 0.230 e. The zero-order valence-electron chi connectivity index (χ0n) is 10.3. The summed E-state index contributed by atoms with van der Waals surface area (Å²) < 4.78 is 7.22. The highest BCUT2D eigenvalue weighted by atomic mass is 16.4. The van der Waals surface area contributed by atoms with Gasteiger partial charge in [-0.25, -0.2) is 0 Å². The summed E-state index contributed by atoms with van der Waals surface area (Å²) in [6.07, 6.45) is 3.74. The van der Waals surface area contributed by atoms with Gasteiger partial charge in [0.15, 0.2) is 0 Å². The van der Waals surface area contributed by atoms with Crippen molar-refractivity contribution >= 4 is 0 Å². The van der Waals surface area contributed by atoms with E-state index in [0.29, 0.717) is 18.3 Å². The van der Waals surface area contributed by atoms with Gasteiger partial charge in [0.25, 0.3) is 0 Å². The molecule has 92 valence electrons. The molecule has 0 bridgehead atoms. The lowest BCUT2D eigenvalue weighted by Crippen LogP contribution is -2.33. The Labute approximate surface area is 100 Å². The number of rotatable bonds is 5. The molecule has 0 unspecified atom stereocenters. The molecule has 0 saturated carbocycles. The summed E-state index contributed by atoms with van der Waals surface area (Å²) in [6, 6.07) is 2.46. The summed E-state index contributed by atoms with van der Waals surface area (Å²) in [4.78, 5) is 0. The first-order chi connectivity index (χ1) is 8.16. The topological polar surface area (TPSA) is 68.8 Å². The number of aryl methyl sites for hydroxylation is 1. The molecule has 0 amide bonds. The molecular formula is C11H17N5O. The Kier molecular flexibility index (Phi) is 3.53. The van der Waals surface area contributed by atoms with Crippen LogP contribution in [0.15, 0.2) is 22.9 Å². The predicted octanol–water partition coefficient (Wildman–Crippen LogP) is 1.31. The normalized spacial score (nSPS) is 14.8. The molecule has 6 heteroatoms. The number of hydrogen-bond donors (Lipinski definition) is 1. The molecule has 0 spiro atoms. The largest absolute Gasteiger partial charge is 0.424 e. The Morgan fingerprint density at radius 1 is 1.41 bits per heavy atom. The van der Waals surface area contributed by atoms with Crippen LogP contribution in [0.3, 0.4) is 0 Å². The Morgan fingerprint density at radius 2 is 2.24 bits per heavy atom. The standard InChI is InChI=1S/C11H17N5O/c1-8(9(2)16-6-4-5-13-16)12-7-11-15-14-10(3)17-11/h4-6,8-9,12H,7H2,1-3H3/t8-,9-/m0/s1.